The van der Waals surface area contributed by atoms with E-state index in [4.69, 9.17) is 4.74 Å². The summed E-state index contributed by atoms with van der Waals surface area (Å²) in [4.78, 5) is 37.7. The maximum Gasteiger partial charge on any atom is 0.350 e. The van der Waals surface area contributed by atoms with Crippen molar-refractivity contribution in [2.45, 2.75) is 13.8 Å². The molecule has 7 nitrogen and oxygen atoms in total. The number of benzene rings is 2. The Hall–Kier alpha value is -3.65. The van der Waals surface area contributed by atoms with Crippen LogP contribution in [0.15, 0.2) is 60.7 Å². The number of hydrogen-bond donors (Lipinski definition) is 3. The zero-order chi connectivity index (χ0) is 21.5. The Bertz CT molecular complexity index is 1050. The van der Waals surface area contributed by atoms with E-state index in [-0.39, 0.29) is 22.7 Å². The molecule has 0 aliphatic carbocycles. The number of anilines is 4. The van der Waals surface area contributed by atoms with Gasteiger partial charge in [0.1, 0.15) is 9.88 Å². The molecule has 1 aromatic heterocycles. The molecule has 154 valence electrons. The molecule has 0 unspecified atom stereocenters. The average molecular weight is 423 g/mol. The van der Waals surface area contributed by atoms with Crippen LogP contribution in [-0.2, 0) is 9.53 Å². The van der Waals surface area contributed by atoms with E-state index in [2.05, 4.69) is 16.0 Å². The molecule has 1 heterocycles. The van der Waals surface area contributed by atoms with E-state index in [0.717, 1.165) is 17.0 Å². The molecule has 0 aliphatic rings. The van der Waals surface area contributed by atoms with E-state index < -0.39 is 17.8 Å². The number of carbonyl (C=O) groups is 3. The Morgan fingerprint density at radius 3 is 2.07 bits per heavy atom. The molecule has 8 heteroatoms. The minimum atomic E-state index is -0.610. The lowest BCUT2D eigenvalue weighted by atomic mass is 10.2. The molecule has 0 bridgehead atoms. The van der Waals surface area contributed by atoms with Crippen LogP contribution in [0.5, 0.6) is 0 Å². The van der Waals surface area contributed by atoms with Gasteiger partial charge in [-0.1, -0.05) is 36.4 Å². The highest BCUT2D eigenvalue weighted by Gasteiger charge is 2.29. The van der Waals surface area contributed by atoms with Gasteiger partial charge in [0, 0.05) is 18.3 Å². The lowest BCUT2D eigenvalue weighted by Gasteiger charge is -2.11. The minimum Gasteiger partial charge on any atom is -0.462 e. The fourth-order valence-corrected chi connectivity index (χ4v) is 3.81. The number of para-hydroxylation sites is 2. The summed E-state index contributed by atoms with van der Waals surface area (Å²) < 4.78 is 5.13. The zero-order valence-electron chi connectivity index (χ0n) is 16.5. The standard InChI is InChI=1S/C22H21N3O4S/c1-3-29-22(28)19-18(23-14(2)26)17(20(27)24-15-10-6-4-7-11-15)21(30-19)25-16-12-8-5-9-13-16/h4-13,25H,3H2,1-2H3,(H,23,26)(H,24,27). The summed E-state index contributed by atoms with van der Waals surface area (Å²) in [6, 6.07) is 18.2. The fourth-order valence-electron chi connectivity index (χ4n) is 2.74. The molecular weight excluding hydrogens is 402 g/mol. The summed E-state index contributed by atoms with van der Waals surface area (Å²) in [5.41, 5.74) is 1.60. The molecule has 0 fully saturated rings. The molecule has 0 saturated heterocycles. The van der Waals surface area contributed by atoms with Crippen LogP contribution in [0.1, 0.15) is 33.9 Å². The second kappa shape index (κ2) is 9.71. The Labute approximate surface area is 178 Å². The molecule has 0 saturated carbocycles. The van der Waals surface area contributed by atoms with Crippen LogP contribution in [0, 0.1) is 0 Å². The predicted molar refractivity (Wildman–Crippen MR) is 119 cm³/mol. The lowest BCUT2D eigenvalue weighted by molar-refractivity contribution is -0.114. The molecule has 0 aliphatic heterocycles. The molecule has 3 aromatic rings. The maximum atomic E-state index is 13.2. The number of esters is 1. The van der Waals surface area contributed by atoms with E-state index in [1.165, 1.54) is 6.92 Å². The number of nitrogens with one attached hydrogen (secondary N) is 3. The van der Waals surface area contributed by atoms with Crippen molar-refractivity contribution in [1.82, 2.24) is 0 Å². The van der Waals surface area contributed by atoms with Gasteiger partial charge in [-0.15, -0.1) is 11.3 Å². The first-order valence-electron chi connectivity index (χ1n) is 9.29. The Morgan fingerprint density at radius 2 is 1.50 bits per heavy atom. The molecule has 3 rings (SSSR count). The van der Waals surface area contributed by atoms with Crippen LogP contribution in [0.3, 0.4) is 0 Å². The molecule has 2 aromatic carbocycles. The van der Waals surface area contributed by atoms with Gasteiger partial charge in [0.05, 0.1) is 17.9 Å². The molecule has 0 atom stereocenters. The van der Waals surface area contributed by atoms with Crippen LogP contribution >= 0.6 is 11.3 Å². The number of hydrogen-bond acceptors (Lipinski definition) is 6. The molecule has 2 amide bonds. The van der Waals surface area contributed by atoms with E-state index in [1.54, 1.807) is 31.2 Å². The third kappa shape index (κ3) is 5.03. The van der Waals surface area contributed by atoms with Gasteiger partial charge in [0.15, 0.2) is 0 Å². The van der Waals surface area contributed by atoms with Crippen molar-refractivity contribution < 1.29 is 19.1 Å². The van der Waals surface area contributed by atoms with Gasteiger partial charge in [-0.2, -0.15) is 0 Å². The summed E-state index contributed by atoms with van der Waals surface area (Å²) >= 11 is 1.05. The monoisotopic (exact) mass is 423 g/mol. The Balaban J connectivity index is 2.09. The van der Waals surface area contributed by atoms with Crippen LogP contribution in [0.2, 0.25) is 0 Å². The number of rotatable bonds is 7. The van der Waals surface area contributed by atoms with Gasteiger partial charge in [0.25, 0.3) is 5.91 Å². The van der Waals surface area contributed by atoms with Crippen molar-refractivity contribution >= 4 is 51.2 Å². The number of thiophene rings is 1. The number of amides is 2. The second-order valence-corrected chi connectivity index (χ2v) is 7.24. The third-order valence-corrected chi connectivity index (χ3v) is 5.05. The fraction of sp³-hybridized carbons (Fsp3) is 0.136. The SMILES string of the molecule is CCOC(=O)c1sc(Nc2ccccc2)c(C(=O)Nc2ccccc2)c1NC(C)=O. The van der Waals surface area contributed by atoms with Crippen molar-refractivity contribution in [3.05, 3.63) is 71.1 Å². The molecule has 30 heavy (non-hydrogen) atoms. The van der Waals surface area contributed by atoms with Crippen molar-refractivity contribution in [3.8, 4) is 0 Å². The van der Waals surface area contributed by atoms with Gasteiger partial charge in [0.2, 0.25) is 5.91 Å². The third-order valence-electron chi connectivity index (χ3n) is 3.96. The van der Waals surface area contributed by atoms with Crippen LogP contribution in [0.25, 0.3) is 0 Å². The van der Waals surface area contributed by atoms with Gasteiger partial charge in [-0.3, -0.25) is 9.59 Å². The highest BCUT2D eigenvalue weighted by atomic mass is 32.1. The first-order chi connectivity index (χ1) is 14.5. The van der Waals surface area contributed by atoms with Crippen molar-refractivity contribution in [2.75, 3.05) is 22.6 Å². The molecular formula is C22H21N3O4S. The highest BCUT2D eigenvalue weighted by molar-refractivity contribution is 7.19. The summed E-state index contributed by atoms with van der Waals surface area (Å²) in [6.07, 6.45) is 0. The van der Waals surface area contributed by atoms with Gasteiger partial charge in [-0.25, -0.2) is 4.79 Å². The zero-order valence-corrected chi connectivity index (χ0v) is 17.3. The smallest absolute Gasteiger partial charge is 0.350 e. The molecule has 0 radical (unpaired) electrons. The van der Waals surface area contributed by atoms with Crippen LogP contribution in [-0.4, -0.2) is 24.4 Å². The van der Waals surface area contributed by atoms with Gasteiger partial charge >= 0.3 is 5.97 Å². The largest absolute Gasteiger partial charge is 0.462 e. The summed E-state index contributed by atoms with van der Waals surface area (Å²) in [7, 11) is 0. The topological polar surface area (TPSA) is 96.5 Å². The number of carbonyl (C=O) groups excluding carboxylic acids is 3. The normalized spacial score (nSPS) is 10.2. The second-order valence-electron chi connectivity index (χ2n) is 6.22. The lowest BCUT2D eigenvalue weighted by Crippen LogP contribution is -2.18. The van der Waals surface area contributed by atoms with E-state index in [9.17, 15) is 14.4 Å². The summed E-state index contributed by atoms with van der Waals surface area (Å²) in [5, 5.41) is 9.02. The first-order valence-corrected chi connectivity index (χ1v) is 10.1. The van der Waals surface area contributed by atoms with Gasteiger partial charge < -0.3 is 20.7 Å². The van der Waals surface area contributed by atoms with Crippen LogP contribution < -0.4 is 16.0 Å². The van der Waals surface area contributed by atoms with Crippen LogP contribution in [0.4, 0.5) is 22.1 Å². The van der Waals surface area contributed by atoms with E-state index in [1.807, 2.05) is 36.4 Å². The maximum absolute atomic E-state index is 13.2. The quantitative estimate of drug-likeness (QED) is 0.471. The van der Waals surface area contributed by atoms with Gasteiger partial charge in [-0.05, 0) is 31.2 Å². The minimum absolute atomic E-state index is 0.123. The van der Waals surface area contributed by atoms with E-state index in [0.29, 0.717) is 10.7 Å². The average Bonchev–Trinajstić information content (AvgIpc) is 3.07. The summed E-state index contributed by atoms with van der Waals surface area (Å²) in [5.74, 6) is -1.48. The van der Waals surface area contributed by atoms with Crippen molar-refractivity contribution in [1.29, 1.82) is 0 Å². The van der Waals surface area contributed by atoms with Crippen molar-refractivity contribution in [3.63, 3.8) is 0 Å². The Morgan fingerprint density at radius 1 is 0.900 bits per heavy atom. The highest BCUT2D eigenvalue weighted by Crippen LogP contribution is 2.40. The number of ether oxygens (including phenoxy) is 1. The summed E-state index contributed by atoms with van der Waals surface area (Å²) in [6.45, 7) is 3.18. The first kappa shape index (κ1) is 21.1. The molecule has 3 N–H and O–H groups in total. The van der Waals surface area contributed by atoms with Crippen molar-refractivity contribution in [2.24, 2.45) is 0 Å². The predicted octanol–water partition coefficient (Wildman–Crippen LogP) is 4.88. The Kier molecular flexibility index (Phi) is 6.82. The molecule has 0 spiro atoms. The van der Waals surface area contributed by atoms with E-state index >= 15 is 0 Å².